The molecular weight excluding hydrogens is 264 g/mol. The zero-order chi connectivity index (χ0) is 16.2. The number of carbonyl (C=O) groups is 1. The molecule has 0 atom stereocenters. The molecule has 0 bridgehead atoms. The minimum atomic E-state index is -0.833. The molecule has 0 rings (SSSR count). The fourth-order valence-electron chi connectivity index (χ4n) is 1.67. The summed E-state index contributed by atoms with van der Waals surface area (Å²) in [7, 11) is 0. The van der Waals surface area contributed by atoms with Crippen molar-refractivity contribution in [2.75, 3.05) is 6.61 Å². The van der Waals surface area contributed by atoms with Crippen molar-refractivity contribution in [1.29, 1.82) is 0 Å². The molecule has 0 aliphatic rings. The lowest BCUT2D eigenvalue weighted by atomic mass is 10.1. The number of aliphatic carboxylic acids is 1. The number of carboxylic acids is 1. The largest absolute Gasteiger partial charge is 0.481 e. The Bertz CT molecular complexity index is 287. The van der Waals surface area contributed by atoms with Crippen molar-refractivity contribution in [3.05, 3.63) is 36.5 Å². The van der Waals surface area contributed by atoms with Crippen LogP contribution in [0, 0.1) is 0 Å². The molecule has 2 N–H and O–H groups in total. The van der Waals surface area contributed by atoms with E-state index in [-0.39, 0.29) is 0 Å². The summed E-state index contributed by atoms with van der Waals surface area (Å²) in [6.07, 6.45) is 22.5. The SMILES string of the molecule is CC(=O)O.CC=CC=CC=CCCCCCCCCCO. The van der Waals surface area contributed by atoms with E-state index >= 15 is 0 Å². The highest BCUT2D eigenvalue weighted by Gasteiger charge is 1.90. The van der Waals surface area contributed by atoms with Crippen LogP contribution in [0.4, 0.5) is 0 Å². The van der Waals surface area contributed by atoms with Crippen LogP contribution < -0.4 is 0 Å². The van der Waals surface area contributed by atoms with Gasteiger partial charge in [0.1, 0.15) is 0 Å². The molecule has 0 aromatic carbocycles. The van der Waals surface area contributed by atoms with Gasteiger partial charge in [0, 0.05) is 13.5 Å². The van der Waals surface area contributed by atoms with Gasteiger partial charge in [-0.1, -0.05) is 68.6 Å². The standard InChI is InChI=1S/C16H28O.C2H4O2/c1-2-3-4-5-6-7-8-9-10-11-12-13-14-15-16-17;1-2(3)4/h2-7,17H,8-16H2,1H3;1H3,(H,3,4). The fraction of sp³-hybridized carbons (Fsp3) is 0.611. The predicted molar refractivity (Wildman–Crippen MR) is 90.4 cm³/mol. The number of carboxylic acid groups (broad SMARTS) is 1. The van der Waals surface area contributed by atoms with Gasteiger partial charge in [-0.15, -0.1) is 0 Å². The minimum absolute atomic E-state index is 0.353. The van der Waals surface area contributed by atoms with Gasteiger partial charge in [-0.25, -0.2) is 0 Å². The van der Waals surface area contributed by atoms with E-state index in [0.717, 1.165) is 13.3 Å². The van der Waals surface area contributed by atoms with E-state index in [1.165, 1.54) is 44.9 Å². The summed E-state index contributed by atoms with van der Waals surface area (Å²) in [5.74, 6) is -0.833. The summed E-state index contributed by atoms with van der Waals surface area (Å²) in [5.41, 5.74) is 0. The Morgan fingerprint density at radius 1 is 0.857 bits per heavy atom. The van der Waals surface area contributed by atoms with Crippen molar-refractivity contribution in [2.24, 2.45) is 0 Å². The Hall–Kier alpha value is -1.35. The number of hydrogen-bond donors (Lipinski definition) is 2. The first-order valence-corrected chi connectivity index (χ1v) is 7.90. The van der Waals surface area contributed by atoms with E-state index in [4.69, 9.17) is 15.0 Å². The number of unbranched alkanes of at least 4 members (excludes halogenated alkanes) is 7. The number of aliphatic hydroxyl groups is 1. The second kappa shape index (κ2) is 21.0. The van der Waals surface area contributed by atoms with Crippen molar-refractivity contribution >= 4 is 5.97 Å². The molecule has 21 heavy (non-hydrogen) atoms. The molecule has 0 fully saturated rings. The molecule has 0 heterocycles. The van der Waals surface area contributed by atoms with Crippen molar-refractivity contribution in [3.8, 4) is 0 Å². The first kappa shape index (κ1) is 21.9. The molecule has 0 saturated heterocycles. The summed E-state index contributed by atoms with van der Waals surface area (Å²) >= 11 is 0. The van der Waals surface area contributed by atoms with Crippen LogP contribution in [-0.4, -0.2) is 22.8 Å². The first-order chi connectivity index (χ1) is 10.1. The smallest absolute Gasteiger partial charge is 0.300 e. The molecule has 122 valence electrons. The second-order valence-corrected chi connectivity index (χ2v) is 4.85. The van der Waals surface area contributed by atoms with Crippen LogP contribution in [0.3, 0.4) is 0 Å². The highest BCUT2D eigenvalue weighted by Crippen LogP contribution is 2.08. The molecule has 0 aliphatic carbocycles. The monoisotopic (exact) mass is 296 g/mol. The van der Waals surface area contributed by atoms with Crippen LogP contribution in [-0.2, 0) is 4.79 Å². The number of allylic oxidation sites excluding steroid dienone is 6. The molecule has 0 aliphatic heterocycles. The quantitative estimate of drug-likeness (QED) is 0.422. The maximum atomic E-state index is 9.00. The summed E-state index contributed by atoms with van der Waals surface area (Å²) < 4.78 is 0. The molecule has 3 heteroatoms. The Morgan fingerprint density at radius 2 is 1.33 bits per heavy atom. The molecule has 0 unspecified atom stereocenters. The lowest BCUT2D eigenvalue weighted by molar-refractivity contribution is -0.134. The number of aliphatic hydroxyl groups excluding tert-OH is 1. The molecule has 0 spiro atoms. The van der Waals surface area contributed by atoms with Gasteiger partial charge >= 0.3 is 0 Å². The molecule has 3 nitrogen and oxygen atoms in total. The van der Waals surface area contributed by atoms with E-state index in [1.807, 2.05) is 19.1 Å². The average molecular weight is 296 g/mol. The zero-order valence-corrected chi connectivity index (χ0v) is 13.6. The topological polar surface area (TPSA) is 57.5 Å². The van der Waals surface area contributed by atoms with Gasteiger partial charge in [-0.05, 0) is 26.2 Å². The average Bonchev–Trinajstić information content (AvgIpc) is 2.43. The zero-order valence-electron chi connectivity index (χ0n) is 13.6. The highest BCUT2D eigenvalue weighted by atomic mass is 16.4. The van der Waals surface area contributed by atoms with Crippen LogP contribution in [0.15, 0.2) is 36.5 Å². The first-order valence-electron chi connectivity index (χ1n) is 7.90. The maximum absolute atomic E-state index is 9.00. The summed E-state index contributed by atoms with van der Waals surface area (Å²) in [6.45, 7) is 3.46. The van der Waals surface area contributed by atoms with Gasteiger partial charge in [0.05, 0.1) is 0 Å². The van der Waals surface area contributed by atoms with E-state index in [2.05, 4.69) is 24.3 Å². The molecule has 0 radical (unpaired) electrons. The van der Waals surface area contributed by atoms with Gasteiger partial charge in [0.25, 0.3) is 5.97 Å². The van der Waals surface area contributed by atoms with Crippen molar-refractivity contribution < 1.29 is 15.0 Å². The van der Waals surface area contributed by atoms with Gasteiger partial charge < -0.3 is 10.2 Å². The molecule has 0 aromatic rings. The van der Waals surface area contributed by atoms with Crippen LogP contribution >= 0.6 is 0 Å². The Labute approximate surface area is 130 Å². The lowest BCUT2D eigenvalue weighted by Crippen LogP contribution is -1.83. The Balaban J connectivity index is 0. The third-order valence-corrected chi connectivity index (χ3v) is 2.69. The molecule has 0 saturated carbocycles. The Kier molecular flexibility index (Phi) is 21.9. The van der Waals surface area contributed by atoms with E-state index in [1.54, 1.807) is 0 Å². The van der Waals surface area contributed by atoms with Crippen molar-refractivity contribution in [1.82, 2.24) is 0 Å². The van der Waals surface area contributed by atoms with Gasteiger partial charge in [0.15, 0.2) is 0 Å². The van der Waals surface area contributed by atoms with E-state index < -0.39 is 5.97 Å². The molecule has 0 amide bonds. The minimum Gasteiger partial charge on any atom is -0.481 e. The third kappa shape index (κ3) is 32.3. The highest BCUT2D eigenvalue weighted by molar-refractivity contribution is 5.62. The summed E-state index contributed by atoms with van der Waals surface area (Å²) in [6, 6.07) is 0. The van der Waals surface area contributed by atoms with Crippen LogP contribution in [0.25, 0.3) is 0 Å². The van der Waals surface area contributed by atoms with E-state index in [0.29, 0.717) is 6.61 Å². The molecular formula is C18H32O3. The molecule has 0 aromatic heterocycles. The maximum Gasteiger partial charge on any atom is 0.300 e. The fourth-order valence-corrected chi connectivity index (χ4v) is 1.67. The van der Waals surface area contributed by atoms with Crippen LogP contribution in [0.1, 0.15) is 65.2 Å². The number of hydrogen-bond acceptors (Lipinski definition) is 2. The predicted octanol–water partition coefficient (Wildman–Crippen LogP) is 4.88. The lowest BCUT2D eigenvalue weighted by Gasteiger charge is -1.99. The van der Waals surface area contributed by atoms with E-state index in [9.17, 15) is 0 Å². The van der Waals surface area contributed by atoms with Crippen LogP contribution in [0.2, 0.25) is 0 Å². The summed E-state index contributed by atoms with van der Waals surface area (Å²) in [4.78, 5) is 9.00. The van der Waals surface area contributed by atoms with Gasteiger partial charge in [-0.3, -0.25) is 4.79 Å². The number of rotatable bonds is 11. The van der Waals surface area contributed by atoms with Gasteiger partial charge in [-0.2, -0.15) is 0 Å². The van der Waals surface area contributed by atoms with Crippen LogP contribution in [0.5, 0.6) is 0 Å². The normalized spacial score (nSPS) is 11.2. The van der Waals surface area contributed by atoms with Gasteiger partial charge in [0.2, 0.25) is 0 Å². The van der Waals surface area contributed by atoms with Crippen molar-refractivity contribution in [3.63, 3.8) is 0 Å². The summed E-state index contributed by atoms with van der Waals surface area (Å²) in [5, 5.41) is 16.0. The second-order valence-electron chi connectivity index (χ2n) is 4.85. The Morgan fingerprint density at radius 3 is 1.86 bits per heavy atom. The van der Waals surface area contributed by atoms with Crippen molar-refractivity contribution in [2.45, 2.75) is 65.2 Å². The third-order valence-electron chi connectivity index (χ3n) is 2.69.